The van der Waals surface area contributed by atoms with Gasteiger partial charge in [-0.3, -0.25) is 0 Å². The van der Waals surface area contributed by atoms with Gasteiger partial charge in [-0.1, -0.05) is 64.5 Å². The molecule has 0 spiro atoms. The summed E-state index contributed by atoms with van der Waals surface area (Å²) in [5.74, 6) is 0.436. The van der Waals surface area contributed by atoms with Gasteiger partial charge in [-0.2, -0.15) is 0 Å². The lowest BCUT2D eigenvalue weighted by Gasteiger charge is -2.14. The second kappa shape index (κ2) is 5.91. The van der Waals surface area contributed by atoms with Crippen molar-refractivity contribution in [3.8, 4) is 16.9 Å². The molecule has 0 aliphatic heterocycles. The van der Waals surface area contributed by atoms with Gasteiger partial charge < -0.3 is 4.74 Å². The van der Waals surface area contributed by atoms with Crippen LogP contribution in [0.15, 0.2) is 71.2 Å². The highest BCUT2D eigenvalue weighted by Gasteiger charge is 2.16. The molecule has 118 valence electrons. The largest absolute Gasteiger partial charge is 0.496 e. The Hall–Kier alpha value is -2.39. The van der Waals surface area contributed by atoms with Crippen molar-refractivity contribution >= 4 is 37.5 Å². The minimum absolute atomic E-state index is 0.233. The summed E-state index contributed by atoms with van der Waals surface area (Å²) in [5.41, 5.74) is 1.34. The van der Waals surface area contributed by atoms with Gasteiger partial charge in [0.25, 0.3) is 0 Å². The molecule has 0 saturated carbocycles. The van der Waals surface area contributed by atoms with E-state index in [4.69, 9.17) is 4.74 Å². The molecule has 0 heterocycles. The fourth-order valence-corrected chi connectivity index (χ4v) is 3.51. The monoisotopic (exact) mass is 380 g/mol. The van der Waals surface area contributed by atoms with Crippen molar-refractivity contribution in [3.05, 3.63) is 77.0 Å². The lowest BCUT2D eigenvalue weighted by atomic mass is 9.94. The lowest BCUT2D eigenvalue weighted by molar-refractivity contribution is 0.416. The van der Waals surface area contributed by atoms with Crippen LogP contribution in [0.3, 0.4) is 0 Å². The molecule has 0 N–H and O–H groups in total. The van der Waals surface area contributed by atoms with Crippen LogP contribution in [0.2, 0.25) is 0 Å². The molecule has 0 aromatic heterocycles. The third-order valence-corrected chi connectivity index (χ3v) is 4.79. The van der Waals surface area contributed by atoms with E-state index in [1.165, 1.54) is 0 Å². The van der Waals surface area contributed by atoms with E-state index in [1.807, 2.05) is 66.7 Å². The number of fused-ring (bicyclic) bond motifs is 2. The Morgan fingerprint density at radius 3 is 2.38 bits per heavy atom. The average Bonchev–Trinajstić information content (AvgIpc) is 2.62. The van der Waals surface area contributed by atoms with Crippen molar-refractivity contribution in [3.63, 3.8) is 0 Å². The van der Waals surface area contributed by atoms with E-state index in [0.29, 0.717) is 16.7 Å². The SMILES string of the molecule is COc1ccc2ccccc2c1-c1ccc2ccc(Br)cc2c1F. The molecule has 0 radical (unpaired) electrons. The third kappa shape index (κ3) is 2.36. The summed E-state index contributed by atoms with van der Waals surface area (Å²) >= 11 is 3.42. The van der Waals surface area contributed by atoms with E-state index in [2.05, 4.69) is 15.9 Å². The molecule has 0 unspecified atom stereocenters. The van der Waals surface area contributed by atoms with Crippen LogP contribution >= 0.6 is 15.9 Å². The summed E-state index contributed by atoms with van der Waals surface area (Å²) in [6.45, 7) is 0. The molecule has 0 fully saturated rings. The van der Waals surface area contributed by atoms with Gasteiger partial charge in [0, 0.05) is 21.0 Å². The molecule has 1 nitrogen and oxygen atoms in total. The summed E-state index contributed by atoms with van der Waals surface area (Å²) < 4.78 is 21.7. The molecule has 0 bridgehead atoms. The molecule has 0 aliphatic carbocycles. The van der Waals surface area contributed by atoms with Crippen LogP contribution in [0.25, 0.3) is 32.7 Å². The first-order chi connectivity index (χ1) is 11.7. The Bertz CT molecular complexity index is 1070. The van der Waals surface area contributed by atoms with Crippen molar-refractivity contribution < 1.29 is 9.13 Å². The normalized spacial score (nSPS) is 11.1. The Balaban J connectivity index is 2.11. The fraction of sp³-hybridized carbons (Fsp3) is 0.0476. The molecule has 0 aliphatic rings. The van der Waals surface area contributed by atoms with E-state index in [1.54, 1.807) is 7.11 Å². The first kappa shape index (κ1) is 15.2. The van der Waals surface area contributed by atoms with Crippen molar-refractivity contribution in [2.45, 2.75) is 0 Å². The van der Waals surface area contributed by atoms with Gasteiger partial charge >= 0.3 is 0 Å². The topological polar surface area (TPSA) is 9.23 Å². The maximum atomic E-state index is 15.3. The summed E-state index contributed by atoms with van der Waals surface area (Å²) in [6.07, 6.45) is 0. The zero-order valence-corrected chi connectivity index (χ0v) is 14.6. The molecule has 0 saturated heterocycles. The number of hydrogen-bond donors (Lipinski definition) is 0. The number of hydrogen-bond acceptors (Lipinski definition) is 1. The van der Waals surface area contributed by atoms with Crippen LogP contribution in [-0.2, 0) is 0 Å². The maximum Gasteiger partial charge on any atom is 0.139 e. The van der Waals surface area contributed by atoms with Crippen LogP contribution in [0.4, 0.5) is 4.39 Å². The minimum atomic E-state index is -0.233. The second-order valence-electron chi connectivity index (χ2n) is 5.66. The van der Waals surface area contributed by atoms with E-state index < -0.39 is 0 Å². The number of rotatable bonds is 2. The van der Waals surface area contributed by atoms with Crippen LogP contribution < -0.4 is 4.74 Å². The molecule has 0 amide bonds. The molecule has 4 aromatic carbocycles. The molecule has 0 atom stereocenters. The van der Waals surface area contributed by atoms with Gasteiger partial charge in [-0.15, -0.1) is 0 Å². The van der Waals surface area contributed by atoms with Crippen molar-refractivity contribution in [1.82, 2.24) is 0 Å². The van der Waals surface area contributed by atoms with Gasteiger partial charge in [0.15, 0.2) is 0 Å². The van der Waals surface area contributed by atoms with Gasteiger partial charge in [0.1, 0.15) is 11.6 Å². The van der Waals surface area contributed by atoms with Crippen LogP contribution in [-0.4, -0.2) is 7.11 Å². The molecule has 4 aromatic rings. The van der Waals surface area contributed by atoms with E-state index in [0.717, 1.165) is 26.2 Å². The maximum absolute atomic E-state index is 15.3. The minimum Gasteiger partial charge on any atom is -0.496 e. The van der Waals surface area contributed by atoms with Crippen LogP contribution in [0, 0.1) is 5.82 Å². The summed E-state index contributed by atoms with van der Waals surface area (Å²) in [5, 5.41) is 3.50. The molecule has 24 heavy (non-hydrogen) atoms. The predicted molar refractivity (Wildman–Crippen MR) is 101 cm³/mol. The van der Waals surface area contributed by atoms with Crippen molar-refractivity contribution in [2.75, 3.05) is 7.11 Å². The highest BCUT2D eigenvalue weighted by molar-refractivity contribution is 9.10. The summed E-state index contributed by atoms with van der Waals surface area (Å²) in [7, 11) is 1.61. The van der Waals surface area contributed by atoms with Crippen LogP contribution in [0.5, 0.6) is 5.75 Å². The van der Waals surface area contributed by atoms with E-state index >= 15 is 4.39 Å². The lowest BCUT2D eigenvalue weighted by Crippen LogP contribution is -1.93. The number of ether oxygens (including phenoxy) is 1. The summed E-state index contributed by atoms with van der Waals surface area (Å²) in [6, 6.07) is 21.3. The highest BCUT2D eigenvalue weighted by Crippen LogP contribution is 2.40. The molecular formula is C21H14BrFO. The van der Waals surface area contributed by atoms with Crippen molar-refractivity contribution in [1.29, 1.82) is 0 Å². The zero-order valence-electron chi connectivity index (χ0n) is 13.0. The van der Waals surface area contributed by atoms with Crippen LogP contribution in [0.1, 0.15) is 0 Å². The standard InChI is InChI=1S/C21H14BrFO/c1-24-19-11-8-13-4-2-3-5-16(13)20(19)17-10-7-14-6-9-15(22)12-18(14)21(17)23/h2-12H,1H3. The number of methoxy groups -OCH3 is 1. The van der Waals surface area contributed by atoms with Gasteiger partial charge in [0.05, 0.1) is 7.11 Å². The van der Waals surface area contributed by atoms with Crippen molar-refractivity contribution in [2.24, 2.45) is 0 Å². The Morgan fingerprint density at radius 1 is 0.833 bits per heavy atom. The summed E-state index contributed by atoms with van der Waals surface area (Å²) in [4.78, 5) is 0. The first-order valence-electron chi connectivity index (χ1n) is 7.63. The first-order valence-corrected chi connectivity index (χ1v) is 8.42. The number of halogens is 2. The van der Waals surface area contributed by atoms with E-state index in [9.17, 15) is 0 Å². The van der Waals surface area contributed by atoms with E-state index in [-0.39, 0.29) is 5.82 Å². The fourth-order valence-electron chi connectivity index (χ4n) is 3.15. The third-order valence-electron chi connectivity index (χ3n) is 4.30. The van der Waals surface area contributed by atoms with Gasteiger partial charge in [-0.05, 0) is 34.4 Å². The molecule has 4 rings (SSSR count). The Morgan fingerprint density at radius 2 is 1.54 bits per heavy atom. The highest BCUT2D eigenvalue weighted by atomic mass is 79.9. The zero-order chi connectivity index (χ0) is 16.7. The smallest absolute Gasteiger partial charge is 0.139 e. The second-order valence-corrected chi connectivity index (χ2v) is 6.57. The number of benzene rings is 4. The molecular weight excluding hydrogens is 367 g/mol. The predicted octanol–water partition coefficient (Wildman–Crippen LogP) is 6.57. The Labute approximate surface area is 147 Å². The Kier molecular flexibility index (Phi) is 3.73. The quantitative estimate of drug-likeness (QED) is 0.382. The average molecular weight is 381 g/mol. The van der Waals surface area contributed by atoms with Gasteiger partial charge in [-0.25, -0.2) is 4.39 Å². The molecule has 3 heteroatoms. The van der Waals surface area contributed by atoms with Gasteiger partial charge in [0.2, 0.25) is 0 Å².